The lowest BCUT2D eigenvalue weighted by atomic mass is 9.88. The third-order valence-electron chi connectivity index (χ3n) is 6.01. The largest absolute Gasteiger partial charge is 0.496 e. The zero-order valence-corrected chi connectivity index (χ0v) is 18.2. The second-order valence-corrected chi connectivity index (χ2v) is 8.13. The molecule has 166 valence electrons. The molecule has 2 heterocycles. The molecule has 0 saturated carbocycles. The quantitative estimate of drug-likeness (QED) is 0.591. The van der Waals surface area contributed by atoms with Crippen molar-refractivity contribution in [3.63, 3.8) is 0 Å². The van der Waals surface area contributed by atoms with Gasteiger partial charge in [0.2, 0.25) is 0 Å². The smallest absolute Gasteiger partial charge is 0.255 e. The Morgan fingerprint density at radius 1 is 1.16 bits per heavy atom. The zero-order chi connectivity index (χ0) is 22.3. The van der Waals surface area contributed by atoms with Crippen LogP contribution < -0.4 is 10.1 Å². The molecule has 0 radical (unpaired) electrons. The van der Waals surface area contributed by atoms with Gasteiger partial charge in [0.25, 0.3) is 5.91 Å². The molecule has 1 N–H and O–H groups in total. The molecule has 1 aliphatic rings. The van der Waals surface area contributed by atoms with Crippen molar-refractivity contribution in [3.8, 4) is 5.75 Å². The number of pyridine rings is 1. The van der Waals surface area contributed by atoms with Crippen molar-refractivity contribution in [3.05, 3.63) is 95.6 Å². The first-order valence-electron chi connectivity index (χ1n) is 11.0. The monoisotopic (exact) mass is 433 g/mol. The van der Waals surface area contributed by atoms with Crippen LogP contribution in [-0.2, 0) is 6.54 Å². The summed E-state index contributed by atoms with van der Waals surface area (Å²) < 4.78 is 19.6. The predicted molar refractivity (Wildman–Crippen MR) is 122 cm³/mol. The molecule has 4 rings (SSSR count). The van der Waals surface area contributed by atoms with Gasteiger partial charge in [-0.3, -0.25) is 14.7 Å². The van der Waals surface area contributed by atoms with E-state index < -0.39 is 0 Å². The minimum absolute atomic E-state index is 0.157. The van der Waals surface area contributed by atoms with Crippen LogP contribution in [0, 0.1) is 11.7 Å². The average Bonchev–Trinajstić information content (AvgIpc) is 2.84. The summed E-state index contributed by atoms with van der Waals surface area (Å²) >= 11 is 0. The summed E-state index contributed by atoms with van der Waals surface area (Å²) in [7, 11) is 1.56. The van der Waals surface area contributed by atoms with E-state index in [-0.39, 0.29) is 23.7 Å². The number of carbonyl (C=O) groups excluding carboxylic acids is 1. The highest BCUT2D eigenvalue weighted by Crippen LogP contribution is 2.31. The number of hydrogen-bond donors (Lipinski definition) is 1. The number of likely N-dealkylation sites (tertiary alicyclic amines) is 1. The molecule has 0 bridgehead atoms. The van der Waals surface area contributed by atoms with Gasteiger partial charge in [-0.05, 0) is 55.6 Å². The summed E-state index contributed by atoms with van der Waals surface area (Å²) in [5, 5.41) is 3.21. The lowest BCUT2D eigenvalue weighted by Crippen LogP contribution is -2.43. The zero-order valence-electron chi connectivity index (χ0n) is 18.2. The molecule has 1 amide bonds. The van der Waals surface area contributed by atoms with Crippen molar-refractivity contribution in [2.45, 2.75) is 25.4 Å². The first-order valence-corrected chi connectivity index (χ1v) is 11.0. The van der Waals surface area contributed by atoms with Crippen LogP contribution in [0.25, 0.3) is 0 Å². The van der Waals surface area contributed by atoms with Crippen molar-refractivity contribution in [1.82, 2.24) is 15.2 Å². The van der Waals surface area contributed by atoms with Gasteiger partial charge in [0.15, 0.2) is 0 Å². The molecule has 0 spiro atoms. The van der Waals surface area contributed by atoms with Crippen molar-refractivity contribution >= 4 is 5.91 Å². The number of halogens is 1. The molecule has 3 aromatic rings. The highest BCUT2D eigenvalue weighted by atomic mass is 19.1. The van der Waals surface area contributed by atoms with Crippen molar-refractivity contribution < 1.29 is 13.9 Å². The molecular formula is C26H28FN3O2. The van der Waals surface area contributed by atoms with Crippen LogP contribution >= 0.6 is 0 Å². The lowest BCUT2D eigenvalue weighted by Gasteiger charge is -2.37. The number of carbonyl (C=O) groups is 1. The van der Waals surface area contributed by atoms with Gasteiger partial charge < -0.3 is 10.1 Å². The third kappa shape index (κ3) is 5.14. The molecule has 1 saturated heterocycles. The van der Waals surface area contributed by atoms with Gasteiger partial charge in [-0.1, -0.05) is 36.4 Å². The number of amides is 1. The molecule has 1 fully saturated rings. The fraction of sp³-hybridized carbons (Fsp3) is 0.308. The van der Waals surface area contributed by atoms with Gasteiger partial charge in [-0.2, -0.15) is 0 Å². The van der Waals surface area contributed by atoms with Gasteiger partial charge in [-0.15, -0.1) is 0 Å². The Morgan fingerprint density at radius 2 is 1.94 bits per heavy atom. The minimum Gasteiger partial charge on any atom is -0.496 e. The fourth-order valence-electron chi connectivity index (χ4n) is 4.42. The van der Waals surface area contributed by atoms with E-state index in [0.717, 1.165) is 31.6 Å². The number of rotatable bonds is 7. The third-order valence-corrected chi connectivity index (χ3v) is 6.01. The minimum atomic E-state index is -0.253. The molecule has 0 aliphatic carbocycles. The maximum absolute atomic E-state index is 14.2. The second-order valence-electron chi connectivity index (χ2n) is 8.13. The number of hydrogen-bond acceptors (Lipinski definition) is 4. The van der Waals surface area contributed by atoms with Gasteiger partial charge >= 0.3 is 0 Å². The number of piperidine rings is 1. The SMILES string of the molecule is COc1ccccc1C(=O)N[C@@H](c1ccccn1)[C@@H]1CCCN(Cc2ccccc2F)C1. The van der Waals surface area contributed by atoms with Crippen LogP contribution in [0.5, 0.6) is 5.75 Å². The normalized spacial score (nSPS) is 17.5. The Balaban J connectivity index is 1.55. The maximum Gasteiger partial charge on any atom is 0.255 e. The highest BCUT2D eigenvalue weighted by molar-refractivity contribution is 5.97. The Bertz CT molecular complexity index is 1040. The first-order chi connectivity index (χ1) is 15.7. The molecular weight excluding hydrogens is 405 g/mol. The Morgan fingerprint density at radius 3 is 2.72 bits per heavy atom. The van der Waals surface area contributed by atoms with Crippen molar-refractivity contribution in [2.24, 2.45) is 5.92 Å². The molecule has 6 heteroatoms. The van der Waals surface area contributed by atoms with Crippen LogP contribution in [0.1, 0.15) is 40.5 Å². The fourth-order valence-corrected chi connectivity index (χ4v) is 4.42. The highest BCUT2D eigenvalue weighted by Gasteiger charge is 2.31. The summed E-state index contributed by atoms with van der Waals surface area (Å²) in [6, 6.07) is 19.6. The topological polar surface area (TPSA) is 54.5 Å². The van der Waals surface area contributed by atoms with Crippen LogP contribution in [0.2, 0.25) is 0 Å². The van der Waals surface area contributed by atoms with Gasteiger partial charge in [0.05, 0.1) is 24.4 Å². The standard InChI is InChI=1S/C26H28FN3O2/c1-32-24-14-5-3-11-21(24)26(31)29-25(23-13-6-7-15-28-23)20-10-8-16-30(18-20)17-19-9-2-4-12-22(19)27/h2-7,9,11-15,20,25H,8,10,16-18H2,1H3,(H,29,31)/t20-,25-/m1/s1. The van der Waals surface area contributed by atoms with Gasteiger partial charge in [0, 0.05) is 24.8 Å². The van der Waals surface area contributed by atoms with Crippen LogP contribution in [0.4, 0.5) is 4.39 Å². The second kappa shape index (κ2) is 10.4. The number of nitrogens with one attached hydrogen (secondary N) is 1. The summed E-state index contributed by atoms with van der Waals surface area (Å²) in [5.74, 6) is 0.323. The first kappa shape index (κ1) is 22.0. The summed E-state index contributed by atoms with van der Waals surface area (Å²) in [5.41, 5.74) is 2.02. The van der Waals surface area contributed by atoms with Crippen molar-refractivity contribution in [2.75, 3.05) is 20.2 Å². The van der Waals surface area contributed by atoms with E-state index >= 15 is 0 Å². The molecule has 32 heavy (non-hydrogen) atoms. The molecule has 0 unspecified atom stereocenters. The maximum atomic E-state index is 14.2. The molecule has 1 aromatic heterocycles. The van der Waals surface area contributed by atoms with Crippen LogP contribution in [0.3, 0.4) is 0 Å². The summed E-state index contributed by atoms with van der Waals surface area (Å²) in [6.07, 6.45) is 3.69. The predicted octanol–water partition coefficient (Wildman–Crippen LogP) is 4.61. The van der Waals surface area contributed by atoms with Gasteiger partial charge in [0.1, 0.15) is 11.6 Å². The van der Waals surface area contributed by atoms with Crippen LogP contribution in [-0.4, -0.2) is 36.0 Å². The Kier molecular flexibility index (Phi) is 7.12. The summed E-state index contributed by atoms with van der Waals surface area (Å²) in [6.45, 7) is 2.21. The van der Waals surface area contributed by atoms with E-state index in [1.165, 1.54) is 6.07 Å². The van der Waals surface area contributed by atoms with Crippen molar-refractivity contribution in [1.29, 1.82) is 0 Å². The number of nitrogens with zero attached hydrogens (tertiary/aromatic N) is 2. The average molecular weight is 434 g/mol. The van der Waals surface area contributed by atoms with E-state index in [1.807, 2.05) is 42.5 Å². The van der Waals surface area contributed by atoms with E-state index in [0.29, 0.717) is 23.4 Å². The van der Waals surface area contributed by atoms with Gasteiger partial charge in [-0.25, -0.2) is 4.39 Å². The molecule has 5 nitrogen and oxygen atoms in total. The van der Waals surface area contributed by atoms with E-state index in [2.05, 4.69) is 15.2 Å². The Hall–Kier alpha value is -3.25. The number of benzene rings is 2. The molecule has 1 aliphatic heterocycles. The lowest BCUT2D eigenvalue weighted by molar-refractivity contribution is 0.0871. The van der Waals surface area contributed by atoms with E-state index in [9.17, 15) is 9.18 Å². The number of para-hydroxylation sites is 1. The number of ether oxygens (including phenoxy) is 1. The molecule has 2 aromatic carbocycles. The van der Waals surface area contributed by atoms with Crippen LogP contribution in [0.15, 0.2) is 72.9 Å². The summed E-state index contributed by atoms with van der Waals surface area (Å²) in [4.78, 5) is 20.0. The Labute approximate surface area is 188 Å². The van der Waals surface area contributed by atoms with E-state index in [4.69, 9.17) is 4.74 Å². The number of aromatic nitrogens is 1. The number of methoxy groups -OCH3 is 1. The van der Waals surface area contributed by atoms with E-state index in [1.54, 1.807) is 31.5 Å². The molecule has 2 atom stereocenters.